The van der Waals surface area contributed by atoms with Gasteiger partial charge in [-0.2, -0.15) is 0 Å². The van der Waals surface area contributed by atoms with Crippen molar-refractivity contribution in [3.05, 3.63) is 0 Å². The minimum atomic E-state index is -0.102. The Bertz CT molecular complexity index is 695. The number of carbonyl (C=O) groups is 2. The number of aliphatic hydroxyl groups excluding tert-OH is 1. The number of carbonyl (C=O) groups excluding carboxylic acids is 2. The highest BCUT2D eigenvalue weighted by atomic mass is 16.3. The number of fused-ring (bicyclic) bond motifs is 1. The molecule has 0 bridgehead atoms. The molecule has 2 N–H and O–H groups in total. The van der Waals surface area contributed by atoms with Crippen LogP contribution in [0.15, 0.2) is 0 Å². The molecule has 32 heavy (non-hydrogen) atoms. The van der Waals surface area contributed by atoms with Crippen molar-refractivity contribution in [2.45, 2.75) is 70.8 Å². The van der Waals surface area contributed by atoms with E-state index in [1.54, 1.807) is 0 Å². The van der Waals surface area contributed by atoms with Crippen LogP contribution in [0, 0.1) is 29.1 Å². The van der Waals surface area contributed by atoms with E-state index in [0.29, 0.717) is 44.0 Å². The Morgan fingerprint density at radius 2 is 1.56 bits per heavy atom. The van der Waals surface area contributed by atoms with Crippen molar-refractivity contribution in [1.82, 2.24) is 20.2 Å². The van der Waals surface area contributed by atoms with E-state index < -0.39 is 0 Å². The Kier molecular flexibility index (Phi) is 6.52. The summed E-state index contributed by atoms with van der Waals surface area (Å²) >= 11 is 0. The molecule has 180 valence electrons. The molecule has 2 heterocycles. The second-order valence-electron chi connectivity index (χ2n) is 11.5. The fraction of sp³-hybridized carbons (Fsp3) is 0.920. The van der Waals surface area contributed by atoms with Crippen LogP contribution in [-0.4, -0.2) is 83.6 Å². The van der Waals surface area contributed by atoms with Gasteiger partial charge in [0.2, 0.25) is 11.8 Å². The first kappa shape index (κ1) is 22.6. The van der Waals surface area contributed by atoms with E-state index in [4.69, 9.17) is 0 Å². The van der Waals surface area contributed by atoms with Crippen LogP contribution in [0.4, 0.5) is 0 Å². The van der Waals surface area contributed by atoms with E-state index in [1.807, 2.05) is 9.80 Å². The van der Waals surface area contributed by atoms with E-state index in [9.17, 15) is 14.7 Å². The molecule has 0 aromatic rings. The van der Waals surface area contributed by atoms with Crippen LogP contribution >= 0.6 is 0 Å². The zero-order valence-electron chi connectivity index (χ0n) is 19.8. The summed E-state index contributed by atoms with van der Waals surface area (Å²) in [5.74, 6) is 3.14. The molecule has 3 unspecified atom stereocenters. The predicted molar refractivity (Wildman–Crippen MR) is 122 cm³/mol. The van der Waals surface area contributed by atoms with Gasteiger partial charge in [0.25, 0.3) is 0 Å². The van der Waals surface area contributed by atoms with Gasteiger partial charge >= 0.3 is 0 Å². The minimum Gasteiger partial charge on any atom is -0.395 e. The zero-order valence-corrected chi connectivity index (χ0v) is 19.8. The normalized spacial score (nSPS) is 37.2. The highest BCUT2D eigenvalue weighted by Gasteiger charge is 2.48. The molecule has 0 aromatic heterocycles. The molecule has 3 saturated carbocycles. The summed E-state index contributed by atoms with van der Waals surface area (Å²) in [5.41, 5.74) is 3.40. The van der Waals surface area contributed by atoms with E-state index in [2.05, 4.69) is 17.4 Å². The average molecular weight is 447 g/mol. The number of nitrogens with zero attached hydrogens (tertiary/aromatic N) is 3. The van der Waals surface area contributed by atoms with Gasteiger partial charge in [-0.05, 0) is 75.5 Å². The number of aliphatic hydroxyl groups is 1. The van der Waals surface area contributed by atoms with Gasteiger partial charge in [-0.15, -0.1) is 0 Å². The van der Waals surface area contributed by atoms with Gasteiger partial charge < -0.3 is 14.9 Å². The number of amides is 2. The SMILES string of the molecule is CC1(C(=O)N2CCN(C(=O)C3CCC(C4CCC5C(CNN5CCO)C4)CC3)CC2)CC1. The molecule has 3 atom stereocenters. The van der Waals surface area contributed by atoms with Crippen molar-refractivity contribution in [3.8, 4) is 0 Å². The summed E-state index contributed by atoms with van der Waals surface area (Å²) in [4.78, 5) is 29.8. The van der Waals surface area contributed by atoms with Crippen molar-refractivity contribution in [2.24, 2.45) is 29.1 Å². The van der Waals surface area contributed by atoms with Gasteiger partial charge in [-0.3, -0.25) is 15.0 Å². The highest BCUT2D eigenvalue weighted by Crippen LogP contribution is 2.47. The molecule has 5 rings (SSSR count). The summed E-state index contributed by atoms with van der Waals surface area (Å²) in [6.07, 6.45) is 10.4. The lowest BCUT2D eigenvalue weighted by Gasteiger charge is -2.42. The minimum absolute atomic E-state index is 0.102. The molecule has 2 amide bonds. The summed E-state index contributed by atoms with van der Waals surface area (Å²) in [5, 5.41) is 11.6. The van der Waals surface area contributed by atoms with Crippen molar-refractivity contribution in [3.63, 3.8) is 0 Å². The Hall–Kier alpha value is -1.18. The predicted octanol–water partition coefficient (Wildman–Crippen LogP) is 1.86. The van der Waals surface area contributed by atoms with Gasteiger partial charge in [0.1, 0.15) is 0 Å². The van der Waals surface area contributed by atoms with E-state index in [-0.39, 0.29) is 17.9 Å². The second-order valence-corrected chi connectivity index (χ2v) is 11.5. The van der Waals surface area contributed by atoms with Gasteiger partial charge in [0, 0.05) is 56.6 Å². The summed E-state index contributed by atoms with van der Waals surface area (Å²) < 4.78 is 0. The molecule has 0 radical (unpaired) electrons. The molecule has 5 fully saturated rings. The number of piperazine rings is 1. The van der Waals surface area contributed by atoms with Gasteiger partial charge in [-0.1, -0.05) is 6.92 Å². The average Bonchev–Trinajstić information content (AvgIpc) is 3.47. The first-order valence-corrected chi connectivity index (χ1v) is 13.2. The molecule has 0 aromatic carbocycles. The monoisotopic (exact) mass is 446 g/mol. The molecule has 5 aliphatic rings. The van der Waals surface area contributed by atoms with Crippen molar-refractivity contribution in [2.75, 3.05) is 45.9 Å². The maximum Gasteiger partial charge on any atom is 0.228 e. The van der Waals surface area contributed by atoms with Crippen LogP contribution in [0.25, 0.3) is 0 Å². The number of rotatable bonds is 5. The van der Waals surface area contributed by atoms with Gasteiger partial charge in [0.15, 0.2) is 0 Å². The van der Waals surface area contributed by atoms with Crippen molar-refractivity contribution < 1.29 is 14.7 Å². The Labute approximate surface area is 192 Å². The number of hydrazine groups is 1. The quantitative estimate of drug-likeness (QED) is 0.674. The van der Waals surface area contributed by atoms with E-state index in [1.165, 1.54) is 32.1 Å². The first-order valence-electron chi connectivity index (χ1n) is 13.2. The lowest BCUT2D eigenvalue weighted by atomic mass is 9.67. The third-order valence-electron chi connectivity index (χ3n) is 9.46. The van der Waals surface area contributed by atoms with E-state index >= 15 is 0 Å². The zero-order chi connectivity index (χ0) is 22.3. The summed E-state index contributed by atoms with van der Waals surface area (Å²) in [6.45, 7) is 6.94. The van der Waals surface area contributed by atoms with E-state index in [0.717, 1.165) is 56.5 Å². The van der Waals surface area contributed by atoms with Crippen LogP contribution in [0.2, 0.25) is 0 Å². The second kappa shape index (κ2) is 9.22. The van der Waals surface area contributed by atoms with Crippen LogP contribution in [0.3, 0.4) is 0 Å². The fourth-order valence-corrected chi connectivity index (χ4v) is 7.06. The number of nitrogens with one attached hydrogen (secondary N) is 1. The standard InChI is InChI=1S/C25H42N4O3/c1-25(8-9-25)24(32)28-12-10-27(11-13-28)23(31)19-4-2-18(3-5-19)20-6-7-22-21(16-20)17-26-29(22)14-15-30/h18-22,26,30H,2-17H2,1H3. The van der Waals surface area contributed by atoms with Gasteiger partial charge in [0.05, 0.1) is 6.61 Å². The Morgan fingerprint density at radius 1 is 0.906 bits per heavy atom. The van der Waals surface area contributed by atoms with Crippen LogP contribution in [0.1, 0.15) is 64.7 Å². The van der Waals surface area contributed by atoms with Crippen LogP contribution in [0.5, 0.6) is 0 Å². The number of hydrogen-bond acceptors (Lipinski definition) is 5. The molecule has 7 nitrogen and oxygen atoms in total. The Morgan fingerprint density at radius 3 is 2.22 bits per heavy atom. The lowest BCUT2D eigenvalue weighted by molar-refractivity contribution is -0.145. The molecular weight excluding hydrogens is 404 g/mol. The molecule has 7 heteroatoms. The van der Waals surface area contributed by atoms with Crippen molar-refractivity contribution >= 4 is 11.8 Å². The number of hydrogen-bond donors (Lipinski definition) is 2. The molecule has 3 aliphatic carbocycles. The molecule has 0 spiro atoms. The van der Waals surface area contributed by atoms with Gasteiger partial charge in [-0.25, -0.2) is 5.01 Å². The van der Waals surface area contributed by atoms with Crippen LogP contribution in [-0.2, 0) is 9.59 Å². The smallest absolute Gasteiger partial charge is 0.228 e. The third-order valence-corrected chi connectivity index (χ3v) is 9.46. The summed E-state index contributed by atoms with van der Waals surface area (Å²) in [7, 11) is 0. The Balaban J connectivity index is 1.06. The maximum atomic E-state index is 13.2. The first-order chi connectivity index (χ1) is 15.5. The molecule has 2 aliphatic heterocycles. The third kappa shape index (κ3) is 4.45. The topological polar surface area (TPSA) is 76.1 Å². The summed E-state index contributed by atoms with van der Waals surface area (Å²) in [6, 6.07) is 0.601. The van der Waals surface area contributed by atoms with Crippen LogP contribution < -0.4 is 5.43 Å². The van der Waals surface area contributed by atoms with Crippen molar-refractivity contribution in [1.29, 1.82) is 0 Å². The lowest BCUT2D eigenvalue weighted by Crippen LogP contribution is -2.53. The fourth-order valence-electron chi connectivity index (χ4n) is 7.06. The molecule has 2 saturated heterocycles. The molecular formula is C25H42N4O3. The number of β-amino-alcohol motifs (C(OH)–C–C–N with tert-alkyl or cyclic N) is 1. The highest BCUT2D eigenvalue weighted by molar-refractivity contribution is 5.85. The maximum absolute atomic E-state index is 13.2. The largest absolute Gasteiger partial charge is 0.395 e.